The van der Waals surface area contributed by atoms with Gasteiger partial charge in [-0.15, -0.1) is 0 Å². The maximum atomic E-state index is 13.3. The Morgan fingerprint density at radius 3 is 2.15 bits per heavy atom. The third-order valence-corrected chi connectivity index (χ3v) is 6.20. The number of aliphatic imine (C=N–C) groups is 1. The minimum Gasteiger partial charge on any atom is -0.372 e. The predicted octanol–water partition coefficient (Wildman–Crippen LogP) is 5.75. The van der Waals surface area contributed by atoms with Gasteiger partial charge in [0.25, 0.3) is 5.91 Å². The van der Waals surface area contributed by atoms with Crippen molar-refractivity contribution in [2.75, 3.05) is 29.9 Å². The summed E-state index contributed by atoms with van der Waals surface area (Å²) in [5.74, 6) is -0.636. The van der Waals surface area contributed by atoms with Crippen molar-refractivity contribution in [1.82, 2.24) is 0 Å². The number of Topliss-reactive ketones (excluding diaryl/α,β-unsaturated/α-hetero) is 1. The normalized spacial score (nSPS) is 13.9. The largest absolute Gasteiger partial charge is 0.372 e. The maximum Gasteiger partial charge on any atom is 0.262 e. The average Bonchev–Trinajstić information content (AvgIpc) is 2.87. The number of benzene rings is 3. The zero-order chi connectivity index (χ0) is 24.2. The molecule has 0 saturated heterocycles. The van der Waals surface area contributed by atoms with Crippen LogP contribution in [0.2, 0.25) is 0 Å². The van der Waals surface area contributed by atoms with Crippen LogP contribution in [0.15, 0.2) is 89.4 Å². The van der Waals surface area contributed by atoms with E-state index in [0.29, 0.717) is 11.3 Å². The van der Waals surface area contributed by atoms with Crippen molar-refractivity contribution in [3.05, 3.63) is 101 Å². The molecule has 4 rings (SSSR count). The number of hydrogen-bond acceptors (Lipinski definition) is 4. The molecule has 3 aromatic rings. The quantitative estimate of drug-likeness (QED) is 0.449. The first-order valence-corrected chi connectivity index (χ1v) is 11.6. The molecule has 1 amide bonds. The summed E-state index contributed by atoms with van der Waals surface area (Å²) in [6.07, 6.45) is 1.63. The zero-order valence-electron chi connectivity index (χ0n) is 20.1. The second-order valence-electron chi connectivity index (χ2n) is 8.27. The van der Waals surface area contributed by atoms with Gasteiger partial charge in [-0.1, -0.05) is 42.5 Å². The van der Waals surface area contributed by atoms with E-state index in [2.05, 4.69) is 30.9 Å². The highest BCUT2D eigenvalue weighted by atomic mass is 16.2. The lowest BCUT2D eigenvalue weighted by atomic mass is 9.88. The highest BCUT2D eigenvalue weighted by Crippen LogP contribution is 2.29. The first-order valence-electron chi connectivity index (χ1n) is 11.6. The van der Waals surface area contributed by atoms with Gasteiger partial charge in [0.1, 0.15) is 0 Å². The van der Waals surface area contributed by atoms with Crippen LogP contribution in [0.5, 0.6) is 0 Å². The number of anilines is 2. The van der Waals surface area contributed by atoms with Gasteiger partial charge in [0, 0.05) is 42.6 Å². The number of nitrogens with zero attached hydrogens (tertiary/aromatic N) is 3. The number of hydrogen-bond donors (Lipinski definition) is 0. The molecular formula is C29H29N3O2. The molecule has 0 heterocycles. The van der Waals surface area contributed by atoms with Crippen LogP contribution in [0.25, 0.3) is 0 Å². The zero-order valence-corrected chi connectivity index (χ0v) is 20.1. The van der Waals surface area contributed by atoms with Gasteiger partial charge in [-0.25, -0.2) is 4.99 Å². The summed E-state index contributed by atoms with van der Waals surface area (Å²) in [6.45, 7) is 8.17. The summed E-state index contributed by atoms with van der Waals surface area (Å²) in [6, 6.07) is 22.8. The third kappa shape index (κ3) is 4.42. The van der Waals surface area contributed by atoms with E-state index in [1.165, 1.54) is 4.90 Å². The van der Waals surface area contributed by atoms with Gasteiger partial charge in [-0.2, -0.15) is 0 Å². The second kappa shape index (κ2) is 9.87. The lowest BCUT2D eigenvalue weighted by Gasteiger charge is -2.23. The molecule has 0 N–H and O–H groups in total. The molecule has 0 aromatic heterocycles. The van der Waals surface area contributed by atoms with Crippen LogP contribution in [0.3, 0.4) is 0 Å². The van der Waals surface area contributed by atoms with E-state index in [1.54, 1.807) is 19.2 Å². The van der Waals surface area contributed by atoms with Crippen molar-refractivity contribution < 1.29 is 9.59 Å². The maximum absolute atomic E-state index is 13.3. The van der Waals surface area contributed by atoms with E-state index in [-0.39, 0.29) is 17.3 Å². The van der Waals surface area contributed by atoms with Gasteiger partial charge in [0.2, 0.25) is 0 Å². The van der Waals surface area contributed by atoms with E-state index in [1.807, 2.05) is 61.5 Å². The Morgan fingerprint density at radius 2 is 1.50 bits per heavy atom. The number of aryl methyl sites for hydroxylation is 1. The average molecular weight is 452 g/mol. The number of allylic oxidation sites excluding steroid dienone is 1. The Balaban J connectivity index is 1.78. The van der Waals surface area contributed by atoms with Crippen LogP contribution in [-0.2, 0) is 4.79 Å². The Bertz CT molecular complexity index is 1290. The molecule has 0 bridgehead atoms. The number of ketones is 1. The summed E-state index contributed by atoms with van der Waals surface area (Å²) in [5, 5.41) is 0. The van der Waals surface area contributed by atoms with Crippen LogP contribution >= 0.6 is 0 Å². The minimum absolute atomic E-state index is 0.112. The number of fused-ring (bicyclic) bond motifs is 1. The summed E-state index contributed by atoms with van der Waals surface area (Å²) in [4.78, 5) is 35.3. The number of amides is 1. The van der Waals surface area contributed by atoms with E-state index in [0.717, 1.165) is 41.3 Å². The molecule has 0 atom stereocenters. The molecule has 0 fully saturated rings. The highest BCUT2D eigenvalue weighted by Gasteiger charge is 2.30. The summed E-state index contributed by atoms with van der Waals surface area (Å²) in [7, 11) is 1.68. The van der Waals surface area contributed by atoms with Crippen molar-refractivity contribution in [2.24, 2.45) is 4.99 Å². The van der Waals surface area contributed by atoms with Crippen molar-refractivity contribution in [3.8, 4) is 0 Å². The van der Waals surface area contributed by atoms with E-state index in [9.17, 15) is 9.59 Å². The van der Waals surface area contributed by atoms with Gasteiger partial charge >= 0.3 is 0 Å². The lowest BCUT2D eigenvalue weighted by Crippen LogP contribution is -2.33. The molecule has 0 radical (unpaired) electrons. The molecule has 172 valence electrons. The van der Waals surface area contributed by atoms with E-state index < -0.39 is 0 Å². The van der Waals surface area contributed by atoms with Crippen LogP contribution in [0.4, 0.5) is 17.1 Å². The van der Waals surface area contributed by atoms with Crippen molar-refractivity contribution >= 4 is 34.5 Å². The third-order valence-electron chi connectivity index (χ3n) is 6.20. The van der Waals surface area contributed by atoms with Gasteiger partial charge in [0.15, 0.2) is 5.78 Å². The van der Waals surface area contributed by atoms with Crippen molar-refractivity contribution in [2.45, 2.75) is 20.8 Å². The summed E-state index contributed by atoms with van der Waals surface area (Å²) in [5.41, 5.74) is 5.68. The molecule has 3 aromatic carbocycles. The molecule has 0 saturated carbocycles. The summed E-state index contributed by atoms with van der Waals surface area (Å²) >= 11 is 0. The predicted molar refractivity (Wildman–Crippen MR) is 140 cm³/mol. The van der Waals surface area contributed by atoms with Gasteiger partial charge in [-0.3, -0.25) is 9.59 Å². The van der Waals surface area contributed by atoms with E-state index >= 15 is 0 Å². The minimum atomic E-state index is -0.355. The Labute approximate surface area is 201 Å². The standard InChI is InChI=1S/C29H29N3O2/c1-5-32(6-2)22-16-17-26(20(3)18-22)30-27-19-25(28(33)24-15-11-10-14-23(24)27)29(34)31(4)21-12-8-7-9-13-21/h7-19H,5-6H2,1-4H3. The number of likely N-dealkylation sites (N-methyl/N-ethyl adjacent to an activating group) is 1. The van der Waals surface area contributed by atoms with Crippen LogP contribution in [-0.4, -0.2) is 37.5 Å². The fourth-order valence-electron chi connectivity index (χ4n) is 4.21. The number of carbonyl (C=O) groups excluding carboxylic acids is 2. The second-order valence-corrected chi connectivity index (χ2v) is 8.27. The number of carbonyl (C=O) groups is 2. The monoisotopic (exact) mass is 451 g/mol. The van der Waals surface area contributed by atoms with Gasteiger partial charge in [0.05, 0.1) is 17.0 Å². The van der Waals surface area contributed by atoms with Crippen LogP contribution in [0, 0.1) is 6.92 Å². The van der Waals surface area contributed by atoms with Crippen LogP contribution in [0.1, 0.15) is 35.3 Å². The first kappa shape index (κ1) is 23.2. The van der Waals surface area contributed by atoms with Crippen molar-refractivity contribution in [3.63, 3.8) is 0 Å². The molecule has 0 spiro atoms. The molecule has 34 heavy (non-hydrogen) atoms. The fourth-order valence-corrected chi connectivity index (χ4v) is 4.21. The number of rotatable bonds is 6. The molecule has 0 aliphatic heterocycles. The van der Waals surface area contributed by atoms with Crippen LogP contribution < -0.4 is 9.80 Å². The lowest BCUT2D eigenvalue weighted by molar-refractivity contribution is -0.114. The molecule has 1 aliphatic rings. The van der Waals surface area contributed by atoms with E-state index in [4.69, 9.17) is 4.99 Å². The molecule has 0 unspecified atom stereocenters. The highest BCUT2D eigenvalue weighted by molar-refractivity contribution is 6.37. The molecule has 5 heteroatoms. The molecular weight excluding hydrogens is 422 g/mol. The molecule has 1 aliphatic carbocycles. The smallest absolute Gasteiger partial charge is 0.262 e. The Kier molecular flexibility index (Phi) is 6.73. The SMILES string of the molecule is CCN(CC)c1ccc(N=C2C=C(C(=O)N(C)c3ccccc3)C(=O)c3ccccc32)c(C)c1. The number of para-hydroxylation sites is 1. The Hall–Kier alpha value is -3.99. The molecule has 5 nitrogen and oxygen atoms in total. The van der Waals surface area contributed by atoms with Gasteiger partial charge < -0.3 is 9.80 Å². The van der Waals surface area contributed by atoms with Crippen molar-refractivity contribution in [1.29, 1.82) is 0 Å². The van der Waals surface area contributed by atoms with Gasteiger partial charge in [-0.05, 0) is 62.7 Å². The topological polar surface area (TPSA) is 53.0 Å². The fraction of sp³-hybridized carbons (Fsp3) is 0.207. The summed E-state index contributed by atoms with van der Waals surface area (Å²) < 4.78 is 0. The Morgan fingerprint density at radius 1 is 0.853 bits per heavy atom. The first-order chi connectivity index (χ1) is 16.4.